The number of halogens is 1. The molecular weight excluding hydrogens is 411 g/mol. The number of rotatable bonds is 1. The first-order chi connectivity index (χ1) is 13.8. The van der Waals surface area contributed by atoms with Crippen LogP contribution >= 0.6 is 23.1 Å². The summed E-state index contributed by atoms with van der Waals surface area (Å²) in [7, 11) is 0. The third-order valence-corrected chi connectivity index (χ3v) is 10.3. The third kappa shape index (κ3) is 2.14. The number of hydrogen-bond acceptors (Lipinski definition) is 5. The first-order valence-corrected chi connectivity index (χ1v) is 11.5. The minimum absolute atomic E-state index is 0.0438. The molecule has 2 aromatic rings. The second kappa shape index (κ2) is 5.60. The van der Waals surface area contributed by atoms with Crippen LogP contribution in [0.15, 0.2) is 34.1 Å². The van der Waals surface area contributed by atoms with Crippen molar-refractivity contribution >= 4 is 40.6 Å². The Morgan fingerprint density at radius 2 is 1.72 bits per heavy atom. The summed E-state index contributed by atoms with van der Waals surface area (Å²) < 4.78 is 13.3. The van der Waals surface area contributed by atoms with Crippen molar-refractivity contribution in [3.63, 3.8) is 0 Å². The Morgan fingerprint density at radius 3 is 2.41 bits per heavy atom. The van der Waals surface area contributed by atoms with Gasteiger partial charge >= 0.3 is 4.87 Å². The Morgan fingerprint density at radius 1 is 1.07 bits per heavy atom. The average molecular weight is 431 g/mol. The number of anilines is 1. The van der Waals surface area contributed by atoms with E-state index in [1.165, 1.54) is 40.5 Å². The van der Waals surface area contributed by atoms with Gasteiger partial charge in [-0.15, -0.1) is 11.8 Å². The first kappa shape index (κ1) is 17.9. The van der Waals surface area contributed by atoms with Crippen LogP contribution in [0.25, 0.3) is 0 Å². The number of nitrogens with one attached hydrogen (secondary N) is 1. The van der Waals surface area contributed by atoms with Crippen LogP contribution in [0.4, 0.5) is 10.1 Å². The second-order valence-corrected chi connectivity index (χ2v) is 11.3. The van der Waals surface area contributed by atoms with Crippen LogP contribution in [0.1, 0.15) is 25.1 Å². The number of imide groups is 1. The van der Waals surface area contributed by atoms with Crippen molar-refractivity contribution in [2.24, 2.45) is 29.6 Å². The maximum Gasteiger partial charge on any atom is 0.305 e. The van der Waals surface area contributed by atoms with Crippen molar-refractivity contribution < 1.29 is 14.0 Å². The van der Waals surface area contributed by atoms with Gasteiger partial charge in [-0.05, 0) is 48.4 Å². The highest BCUT2D eigenvalue weighted by molar-refractivity contribution is 8.00. The van der Waals surface area contributed by atoms with Gasteiger partial charge in [0.25, 0.3) is 0 Å². The lowest BCUT2D eigenvalue weighted by atomic mass is 9.64. The minimum Gasteiger partial charge on any atom is -0.307 e. The molecule has 6 atom stereocenters. The predicted octanol–water partition coefficient (Wildman–Crippen LogP) is 3.40. The molecule has 8 heteroatoms. The predicted molar refractivity (Wildman–Crippen MR) is 109 cm³/mol. The fourth-order valence-corrected chi connectivity index (χ4v) is 9.65. The number of thiazole rings is 1. The molecule has 1 aromatic heterocycles. The molecule has 3 heterocycles. The summed E-state index contributed by atoms with van der Waals surface area (Å²) in [6, 6.07) is 5.57. The quantitative estimate of drug-likeness (QED) is 0.704. The molecule has 2 saturated carbocycles. The minimum atomic E-state index is -0.391. The topological polar surface area (TPSA) is 70.2 Å². The van der Waals surface area contributed by atoms with E-state index in [1.807, 2.05) is 0 Å². The Bertz CT molecular complexity index is 1120. The average Bonchev–Trinajstić information content (AvgIpc) is 3.38. The van der Waals surface area contributed by atoms with Gasteiger partial charge in [-0.3, -0.25) is 19.3 Å². The largest absolute Gasteiger partial charge is 0.307 e. The number of thioether (sulfide) groups is 1. The van der Waals surface area contributed by atoms with Crippen molar-refractivity contribution in [1.82, 2.24) is 4.98 Å². The monoisotopic (exact) mass is 430 g/mol. The number of amides is 2. The highest BCUT2D eigenvalue weighted by atomic mass is 32.2. The van der Waals surface area contributed by atoms with Crippen LogP contribution in [-0.2, 0) is 15.0 Å². The molecule has 2 amide bonds. The van der Waals surface area contributed by atoms with Crippen LogP contribution in [0.2, 0.25) is 0 Å². The molecule has 29 heavy (non-hydrogen) atoms. The van der Waals surface area contributed by atoms with E-state index in [1.54, 1.807) is 11.8 Å². The lowest BCUT2D eigenvalue weighted by molar-refractivity contribution is -0.123. The van der Waals surface area contributed by atoms with Gasteiger partial charge in [-0.1, -0.05) is 25.2 Å². The van der Waals surface area contributed by atoms with Gasteiger partial charge in [0.15, 0.2) is 0 Å². The molecule has 150 valence electrons. The molecule has 2 aliphatic heterocycles. The van der Waals surface area contributed by atoms with Gasteiger partial charge in [0.1, 0.15) is 5.82 Å². The second-order valence-electron chi connectivity index (χ2n) is 9.11. The number of nitrogens with zero attached hydrogens (tertiary/aromatic N) is 1. The standard InChI is InChI=1S/C21H19FN2O3S2/c1-21(2)14-10-7-11(15(14)28-17-16(21)29-20(27)23-17)13-12(10)18(25)24(19(13)26)9-5-3-8(22)4-6-9/h3-6,10-15H,7H2,1-2H3,(H,23,27)/t10-,11-,12-,13+,14-,15-/m0/s1. The van der Waals surface area contributed by atoms with E-state index < -0.39 is 5.82 Å². The summed E-state index contributed by atoms with van der Waals surface area (Å²) >= 11 is 2.96. The van der Waals surface area contributed by atoms with Gasteiger partial charge in [-0.2, -0.15) is 0 Å². The Balaban J connectivity index is 1.42. The molecule has 0 spiro atoms. The zero-order valence-corrected chi connectivity index (χ0v) is 17.5. The molecule has 5 nitrogen and oxygen atoms in total. The third-order valence-electron chi connectivity index (χ3n) is 7.48. The molecule has 2 bridgehead atoms. The summed E-state index contributed by atoms with van der Waals surface area (Å²) in [6.45, 7) is 4.34. The summed E-state index contributed by atoms with van der Waals surface area (Å²) in [5.74, 6) is -0.806. The van der Waals surface area contributed by atoms with E-state index in [-0.39, 0.29) is 56.9 Å². The fraction of sp³-hybridized carbons (Fsp3) is 0.476. The fourth-order valence-electron chi connectivity index (χ4n) is 6.50. The van der Waals surface area contributed by atoms with Crippen molar-refractivity contribution in [2.75, 3.05) is 4.90 Å². The number of fused-ring (bicyclic) bond motifs is 9. The Labute approximate surface area is 174 Å². The SMILES string of the molecule is CC1(C)c2sc(=O)[nH]c2S[C@H]2[C@H]3C[C@@H]([C@@H]4C(=O)N(c5ccc(F)cc5)C(=O)[C@H]34)[C@@H]21. The molecule has 1 N–H and O–H groups in total. The first-order valence-electron chi connectivity index (χ1n) is 9.82. The van der Waals surface area contributed by atoms with E-state index in [0.717, 1.165) is 16.3 Å². The Hall–Kier alpha value is -1.93. The number of carbonyl (C=O) groups is 2. The van der Waals surface area contributed by atoms with Crippen LogP contribution in [0, 0.1) is 35.4 Å². The van der Waals surface area contributed by atoms with Gasteiger partial charge < -0.3 is 4.98 Å². The van der Waals surface area contributed by atoms with E-state index in [0.29, 0.717) is 5.69 Å². The van der Waals surface area contributed by atoms with E-state index in [9.17, 15) is 18.8 Å². The lowest BCUT2D eigenvalue weighted by Crippen LogP contribution is -2.48. The number of carbonyl (C=O) groups excluding carboxylic acids is 2. The van der Waals surface area contributed by atoms with Crippen molar-refractivity contribution in [3.05, 3.63) is 44.6 Å². The number of aromatic nitrogens is 1. The van der Waals surface area contributed by atoms with Gasteiger partial charge in [0.2, 0.25) is 11.8 Å². The molecule has 2 aliphatic carbocycles. The zero-order chi connectivity index (χ0) is 20.2. The van der Waals surface area contributed by atoms with Crippen molar-refractivity contribution in [1.29, 1.82) is 0 Å². The molecule has 1 aromatic carbocycles. The lowest BCUT2D eigenvalue weighted by Gasteiger charge is -2.47. The molecule has 0 unspecified atom stereocenters. The van der Waals surface area contributed by atoms with Crippen LogP contribution in [0.5, 0.6) is 0 Å². The molecule has 1 saturated heterocycles. The normalized spacial score (nSPS) is 36.3. The number of benzene rings is 1. The van der Waals surface area contributed by atoms with Gasteiger partial charge in [0, 0.05) is 15.5 Å². The smallest absolute Gasteiger partial charge is 0.305 e. The summed E-state index contributed by atoms with van der Waals surface area (Å²) in [4.78, 5) is 43.9. The molecule has 4 aliphatic rings. The van der Waals surface area contributed by atoms with Crippen LogP contribution in [-0.4, -0.2) is 22.0 Å². The summed E-state index contributed by atoms with van der Waals surface area (Å²) in [6.07, 6.45) is 0.884. The number of hydrogen-bond donors (Lipinski definition) is 1. The van der Waals surface area contributed by atoms with Gasteiger partial charge in [-0.25, -0.2) is 4.39 Å². The number of aromatic amines is 1. The van der Waals surface area contributed by atoms with Crippen LogP contribution in [0.3, 0.4) is 0 Å². The number of H-pyrrole nitrogens is 1. The summed E-state index contributed by atoms with van der Waals surface area (Å²) in [5.41, 5.74) is 0.236. The maximum atomic E-state index is 13.4. The highest BCUT2D eigenvalue weighted by Gasteiger charge is 2.70. The van der Waals surface area contributed by atoms with E-state index in [4.69, 9.17) is 0 Å². The molecule has 6 rings (SSSR count). The van der Waals surface area contributed by atoms with E-state index in [2.05, 4.69) is 18.8 Å². The van der Waals surface area contributed by atoms with Gasteiger partial charge in [0.05, 0.1) is 22.5 Å². The molecule has 3 fully saturated rings. The van der Waals surface area contributed by atoms with Crippen molar-refractivity contribution in [3.8, 4) is 0 Å². The molecule has 0 radical (unpaired) electrons. The summed E-state index contributed by atoms with van der Waals surface area (Å²) in [5, 5.41) is 1.15. The molecular formula is C21H19FN2O3S2. The zero-order valence-electron chi connectivity index (χ0n) is 15.8. The van der Waals surface area contributed by atoms with Crippen LogP contribution < -0.4 is 9.77 Å². The highest BCUT2D eigenvalue weighted by Crippen LogP contribution is 2.69. The maximum absolute atomic E-state index is 13.4. The Kier molecular flexibility index (Phi) is 3.46. The van der Waals surface area contributed by atoms with Crippen molar-refractivity contribution in [2.45, 2.75) is 36.0 Å². The van der Waals surface area contributed by atoms with E-state index >= 15 is 0 Å².